The second-order valence-corrected chi connectivity index (χ2v) is 7.58. The highest BCUT2D eigenvalue weighted by molar-refractivity contribution is 6.36. The smallest absolute Gasteiger partial charge is 0.278 e. The zero-order valence-corrected chi connectivity index (χ0v) is 19.0. The number of hydrogen-bond acceptors (Lipinski definition) is 5. The summed E-state index contributed by atoms with van der Waals surface area (Å²) in [5.41, 5.74) is 2.21. The summed E-state index contributed by atoms with van der Waals surface area (Å²) in [6.45, 7) is 4.76. The Labute approximate surface area is 197 Å². The summed E-state index contributed by atoms with van der Waals surface area (Å²) in [6, 6.07) is 20.0. The molecule has 0 saturated carbocycles. The zero-order valence-electron chi connectivity index (χ0n) is 19.0. The third-order valence-electron chi connectivity index (χ3n) is 5.32. The lowest BCUT2D eigenvalue weighted by atomic mass is 10.0. The number of amides is 2. The Kier molecular flexibility index (Phi) is 6.92. The number of carbonyl (C=O) groups excluding carboxylic acids is 2. The molecule has 1 aliphatic heterocycles. The fourth-order valence-electron chi connectivity index (χ4n) is 3.75. The molecule has 7 heteroatoms. The number of benzene rings is 3. The molecular weight excluding hydrogens is 435 g/mol. The number of nitrogens with one attached hydrogen (secondary N) is 1. The third-order valence-corrected chi connectivity index (χ3v) is 5.32. The van der Waals surface area contributed by atoms with Gasteiger partial charge in [0.2, 0.25) is 0 Å². The minimum Gasteiger partial charge on any atom is -0.494 e. The molecule has 3 aromatic carbocycles. The molecule has 174 valence electrons. The van der Waals surface area contributed by atoms with Gasteiger partial charge in [-0.1, -0.05) is 36.4 Å². The Morgan fingerprint density at radius 2 is 1.50 bits per heavy atom. The van der Waals surface area contributed by atoms with E-state index in [4.69, 9.17) is 9.47 Å². The molecule has 0 spiro atoms. The van der Waals surface area contributed by atoms with E-state index in [2.05, 4.69) is 5.32 Å². The van der Waals surface area contributed by atoms with Gasteiger partial charge in [-0.2, -0.15) is 0 Å². The number of ether oxygens (including phenoxy) is 2. The third kappa shape index (κ3) is 4.78. The molecule has 1 heterocycles. The van der Waals surface area contributed by atoms with Crippen LogP contribution in [0.2, 0.25) is 0 Å². The Morgan fingerprint density at radius 3 is 2.18 bits per heavy atom. The lowest BCUT2D eigenvalue weighted by Crippen LogP contribution is -2.32. The van der Waals surface area contributed by atoms with E-state index in [9.17, 15) is 14.0 Å². The van der Waals surface area contributed by atoms with Crippen LogP contribution in [0.3, 0.4) is 0 Å². The molecule has 1 aliphatic rings. The van der Waals surface area contributed by atoms with Crippen molar-refractivity contribution in [2.24, 2.45) is 0 Å². The van der Waals surface area contributed by atoms with E-state index in [-0.39, 0.29) is 23.6 Å². The quantitative estimate of drug-likeness (QED) is 0.455. The van der Waals surface area contributed by atoms with Gasteiger partial charge in [0, 0.05) is 0 Å². The van der Waals surface area contributed by atoms with Crippen molar-refractivity contribution >= 4 is 23.1 Å². The first-order chi connectivity index (χ1) is 16.5. The SMILES string of the molecule is CCOc1ccc(C2=C(Nc3ccccc3OCC)C(=O)N(Cc3ccc(F)cc3)C2=O)cc1. The van der Waals surface area contributed by atoms with E-state index in [1.807, 2.05) is 26.0 Å². The van der Waals surface area contributed by atoms with Crippen molar-refractivity contribution in [3.63, 3.8) is 0 Å². The molecule has 0 unspecified atom stereocenters. The van der Waals surface area contributed by atoms with Gasteiger partial charge in [0.05, 0.1) is 31.0 Å². The molecule has 2 amide bonds. The highest BCUT2D eigenvalue weighted by Gasteiger charge is 2.39. The van der Waals surface area contributed by atoms with E-state index in [1.54, 1.807) is 48.5 Å². The van der Waals surface area contributed by atoms with Crippen molar-refractivity contribution in [2.45, 2.75) is 20.4 Å². The topological polar surface area (TPSA) is 67.9 Å². The number of nitrogens with zero attached hydrogens (tertiary/aromatic N) is 1. The number of halogens is 1. The molecule has 0 bridgehead atoms. The largest absolute Gasteiger partial charge is 0.494 e. The van der Waals surface area contributed by atoms with Crippen LogP contribution in [0, 0.1) is 5.82 Å². The van der Waals surface area contributed by atoms with Crippen LogP contribution >= 0.6 is 0 Å². The van der Waals surface area contributed by atoms with Crippen LogP contribution in [0.1, 0.15) is 25.0 Å². The summed E-state index contributed by atoms with van der Waals surface area (Å²) in [6.07, 6.45) is 0. The number of hydrogen-bond donors (Lipinski definition) is 1. The monoisotopic (exact) mass is 460 g/mol. The zero-order chi connectivity index (χ0) is 24.1. The Morgan fingerprint density at radius 1 is 0.824 bits per heavy atom. The van der Waals surface area contributed by atoms with E-state index >= 15 is 0 Å². The highest BCUT2D eigenvalue weighted by atomic mass is 19.1. The minimum atomic E-state index is -0.468. The maximum absolute atomic E-state index is 13.5. The predicted octanol–water partition coefficient (Wildman–Crippen LogP) is 5.02. The molecular formula is C27H25FN2O4. The van der Waals surface area contributed by atoms with Crippen LogP contribution in [0.4, 0.5) is 10.1 Å². The standard InChI is InChI=1S/C27H25FN2O4/c1-3-33-21-15-11-19(12-16-21)24-25(29-22-7-5-6-8-23(22)34-4-2)27(32)30(26(24)31)17-18-9-13-20(28)14-10-18/h5-16,29H,3-4,17H2,1-2H3. The van der Waals surface area contributed by atoms with Crippen LogP contribution < -0.4 is 14.8 Å². The first-order valence-electron chi connectivity index (χ1n) is 11.1. The van der Waals surface area contributed by atoms with Crippen LogP contribution in [0.5, 0.6) is 11.5 Å². The first-order valence-corrected chi connectivity index (χ1v) is 11.1. The second kappa shape index (κ2) is 10.2. The van der Waals surface area contributed by atoms with Gasteiger partial charge in [-0.3, -0.25) is 14.5 Å². The number of rotatable bonds is 9. The van der Waals surface area contributed by atoms with Crippen molar-refractivity contribution in [1.82, 2.24) is 4.90 Å². The Balaban J connectivity index is 1.73. The molecule has 0 atom stereocenters. The normalized spacial score (nSPS) is 13.4. The van der Waals surface area contributed by atoms with Gasteiger partial charge < -0.3 is 14.8 Å². The van der Waals surface area contributed by atoms with Gasteiger partial charge in [-0.15, -0.1) is 0 Å². The molecule has 34 heavy (non-hydrogen) atoms. The van der Waals surface area contributed by atoms with Gasteiger partial charge in [0.15, 0.2) is 0 Å². The fraction of sp³-hybridized carbons (Fsp3) is 0.185. The van der Waals surface area contributed by atoms with E-state index in [0.717, 1.165) is 4.90 Å². The van der Waals surface area contributed by atoms with E-state index in [1.165, 1.54) is 12.1 Å². The molecule has 1 N–H and O–H groups in total. The molecule has 0 radical (unpaired) electrons. The van der Waals surface area contributed by atoms with Crippen LogP contribution in [0.25, 0.3) is 5.57 Å². The van der Waals surface area contributed by atoms with Crippen molar-refractivity contribution in [2.75, 3.05) is 18.5 Å². The minimum absolute atomic E-state index is 0.0246. The first kappa shape index (κ1) is 23.0. The molecule has 4 rings (SSSR count). The average Bonchev–Trinajstić information content (AvgIpc) is 3.07. The number of anilines is 1. The molecule has 6 nitrogen and oxygen atoms in total. The van der Waals surface area contributed by atoms with Gasteiger partial charge in [-0.05, 0) is 61.4 Å². The Hall–Kier alpha value is -4.13. The summed E-state index contributed by atoms with van der Waals surface area (Å²) in [7, 11) is 0. The van der Waals surface area contributed by atoms with Crippen LogP contribution in [-0.2, 0) is 16.1 Å². The number of imide groups is 1. The van der Waals surface area contributed by atoms with Crippen molar-refractivity contribution in [3.8, 4) is 11.5 Å². The summed E-state index contributed by atoms with van der Waals surface area (Å²) in [5.74, 6) is -0.0472. The summed E-state index contributed by atoms with van der Waals surface area (Å²) in [5, 5.41) is 3.14. The lowest BCUT2D eigenvalue weighted by molar-refractivity contribution is -0.137. The van der Waals surface area contributed by atoms with E-state index < -0.39 is 11.8 Å². The summed E-state index contributed by atoms with van der Waals surface area (Å²) in [4.78, 5) is 28.1. The molecule has 3 aromatic rings. The number of para-hydroxylation sites is 2. The molecule has 0 aliphatic carbocycles. The Bertz CT molecular complexity index is 1220. The second-order valence-electron chi connectivity index (χ2n) is 7.58. The van der Waals surface area contributed by atoms with Crippen molar-refractivity contribution < 1.29 is 23.5 Å². The van der Waals surface area contributed by atoms with Crippen molar-refractivity contribution in [3.05, 3.63) is 95.4 Å². The van der Waals surface area contributed by atoms with Gasteiger partial charge in [0.25, 0.3) is 11.8 Å². The number of carbonyl (C=O) groups is 2. The van der Waals surface area contributed by atoms with Crippen LogP contribution in [0.15, 0.2) is 78.5 Å². The highest BCUT2D eigenvalue weighted by Crippen LogP contribution is 2.34. The predicted molar refractivity (Wildman–Crippen MR) is 128 cm³/mol. The van der Waals surface area contributed by atoms with Gasteiger partial charge >= 0.3 is 0 Å². The average molecular weight is 461 g/mol. The summed E-state index contributed by atoms with van der Waals surface area (Å²) < 4.78 is 24.5. The molecule has 0 fully saturated rings. The van der Waals surface area contributed by atoms with Crippen molar-refractivity contribution in [1.29, 1.82) is 0 Å². The maximum Gasteiger partial charge on any atom is 0.278 e. The molecule has 0 aromatic heterocycles. The van der Waals surface area contributed by atoms with E-state index in [0.29, 0.717) is 41.5 Å². The van der Waals surface area contributed by atoms with Gasteiger partial charge in [-0.25, -0.2) is 4.39 Å². The lowest BCUT2D eigenvalue weighted by Gasteiger charge is -2.16. The summed E-state index contributed by atoms with van der Waals surface area (Å²) >= 11 is 0. The fourth-order valence-corrected chi connectivity index (χ4v) is 3.75. The van der Waals surface area contributed by atoms with Gasteiger partial charge in [0.1, 0.15) is 23.0 Å². The maximum atomic E-state index is 13.5. The molecule has 0 saturated heterocycles. The van der Waals surface area contributed by atoms with Crippen LogP contribution in [-0.4, -0.2) is 29.9 Å².